The van der Waals surface area contributed by atoms with Crippen molar-refractivity contribution >= 4 is 51.6 Å². The molecule has 0 N–H and O–H groups in total. The van der Waals surface area contributed by atoms with Crippen LogP contribution in [0.15, 0.2) is 26.4 Å². The molecule has 7 heteroatoms. The third-order valence-corrected chi connectivity index (χ3v) is 4.06. The van der Waals surface area contributed by atoms with Gasteiger partial charge in [-0.3, -0.25) is 4.79 Å². The van der Waals surface area contributed by atoms with Crippen LogP contribution in [0.1, 0.15) is 12.5 Å². The normalized spacial score (nSPS) is 10.8. The van der Waals surface area contributed by atoms with E-state index in [2.05, 4.69) is 0 Å². The van der Waals surface area contributed by atoms with E-state index in [1.165, 1.54) is 24.9 Å². The van der Waals surface area contributed by atoms with Crippen molar-refractivity contribution in [2.24, 2.45) is 0 Å². The molecule has 0 spiro atoms. The second-order valence-corrected chi connectivity index (χ2v) is 5.80. The van der Waals surface area contributed by atoms with Gasteiger partial charge in [0.1, 0.15) is 17.0 Å². The second kappa shape index (κ2) is 6.11. The lowest BCUT2D eigenvalue weighted by atomic mass is 10.2. The number of thiocarbonyl (C=S) groups is 1. The molecule has 2 aromatic rings. The van der Waals surface area contributed by atoms with Crippen molar-refractivity contribution in [2.75, 3.05) is 12.9 Å². The molecule has 0 saturated heterocycles. The first-order chi connectivity index (χ1) is 9.49. The Labute approximate surface area is 129 Å². The van der Waals surface area contributed by atoms with Crippen LogP contribution in [-0.4, -0.2) is 17.9 Å². The molecule has 3 nitrogen and oxygen atoms in total. The predicted molar refractivity (Wildman–Crippen MR) is 82.6 cm³/mol. The summed E-state index contributed by atoms with van der Waals surface area (Å²) in [6.07, 6.45) is 0. The number of hydrogen-bond donors (Lipinski definition) is 0. The standard InChI is InChI=1S/C13H10ClFO3S2/c1-3-20-13-10(12(19)17-2)11(16)6-4-8(15)7(14)5-9(6)18-13/h4-5H,3H2,1-2H3. The summed E-state index contributed by atoms with van der Waals surface area (Å²) in [7, 11) is 1.37. The van der Waals surface area contributed by atoms with Crippen molar-refractivity contribution in [1.82, 2.24) is 0 Å². The van der Waals surface area contributed by atoms with Gasteiger partial charge in [-0.25, -0.2) is 4.39 Å². The van der Waals surface area contributed by atoms with Crippen LogP contribution < -0.4 is 5.43 Å². The van der Waals surface area contributed by atoms with Crippen LogP contribution in [0.4, 0.5) is 4.39 Å². The van der Waals surface area contributed by atoms with Gasteiger partial charge in [-0.1, -0.05) is 30.3 Å². The summed E-state index contributed by atoms with van der Waals surface area (Å²) >= 11 is 12.0. The highest BCUT2D eigenvalue weighted by Gasteiger charge is 2.20. The van der Waals surface area contributed by atoms with E-state index in [-0.39, 0.29) is 26.6 Å². The lowest BCUT2D eigenvalue weighted by Crippen LogP contribution is -2.17. The van der Waals surface area contributed by atoms with E-state index in [0.29, 0.717) is 10.8 Å². The van der Waals surface area contributed by atoms with Gasteiger partial charge in [0.05, 0.1) is 17.5 Å². The Morgan fingerprint density at radius 1 is 1.55 bits per heavy atom. The Kier molecular flexibility index (Phi) is 4.67. The number of rotatable bonds is 3. The van der Waals surface area contributed by atoms with Crippen LogP contribution in [0.25, 0.3) is 11.0 Å². The zero-order valence-electron chi connectivity index (χ0n) is 10.7. The fourth-order valence-electron chi connectivity index (χ4n) is 1.68. The minimum absolute atomic E-state index is 0.0203. The Hall–Kier alpha value is -1.11. The maximum absolute atomic E-state index is 13.5. The molecule has 2 rings (SSSR count). The summed E-state index contributed by atoms with van der Waals surface area (Å²) < 4.78 is 24.1. The Morgan fingerprint density at radius 2 is 2.25 bits per heavy atom. The van der Waals surface area contributed by atoms with Crippen molar-refractivity contribution in [3.63, 3.8) is 0 Å². The largest absolute Gasteiger partial charge is 0.486 e. The highest BCUT2D eigenvalue weighted by molar-refractivity contribution is 7.99. The molecule has 0 unspecified atom stereocenters. The predicted octanol–water partition coefficient (Wildman–Crippen LogP) is 4.02. The van der Waals surface area contributed by atoms with E-state index < -0.39 is 11.2 Å². The average molecular weight is 333 g/mol. The first-order valence-electron chi connectivity index (χ1n) is 5.66. The van der Waals surface area contributed by atoms with Crippen LogP contribution in [0.5, 0.6) is 0 Å². The maximum Gasteiger partial charge on any atom is 0.205 e. The first-order valence-corrected chi connectivity index (χ1v) is 7.43. The van der Waals surface area contributed by atoms with Gasteiger partial charge in [0.25, 0.3) is 0 Å². The van der Waals surface area contributed by atoms with Crippen molar-refractivity contribution < 1.29 is 13.5 Å². The van der Waals surface area contributed by atoms with Gasteiger partial charge in [0.15, 0.2) is 10.1 Å². The molecule has 0 fully saturated rings. The SMILES string of the molecule is CCSc1oc2cc(Cl)c(F)cc2c(=O)c1C(=S)OC. The Balaban J connectivity index is 2.85. The molecule has 0 aliphatic carbocycles. The van der Waals surface area contributed by atoms with E-state index in [9.17, 15) is 9.18 Å². The summed E-state index contributed by atoms with van der Waals surface area (Å²) in [5.41, 5.74) is -0.0619. The van der Waals surface area contributed by atoms with Crippen LogP contribution in [0, 0.1) is 5.82 Å². The monoisotopic (exact) mass is 332 g/mol. The molecule has 1 aromatic heterocycles. The molecular weight excluding hydrogens is 323 g/mol. The molecule has 1 heterocycles. The zero-order chi connectivity index (χ0) is 14.9. The highest BCUT2D eigenvalue weighted by atomic mass is 35.5. The number of ether oxygens (including phenoxy) is 1. The summed E-state index contributed by atoms with van der Waals surface area (Å²) in [5.74, 6) is -0.000425. The summed E-state index contributed by atoms with van der Waals surface area (Å²) in [6.45, 7) is 1.91. The van der Waals surface area contributed by atoms with Crippen LogP contribution in [0.3, 0.4) is 0 Å². The number of hydrogen-bond acceptors (Lipinski definition) is 5. The van der Waals surface area contributed by atoms with Crippen molar-refractivity contribution in [1.29, 1.82) is 0 Å². The van der Waals surface area contributed by atoms with E-state index in [1.54, 1.807) is 0 Å². The van der Waals surface area contributed by atoms with Gasteiger partial charge in [-0.2, -0.15) is 0 Å². The fraction of sp³-hybridized carbons (Fsp3) is 0.231. The molecule has 1 aromatic carbocycles. The van der Waals surface area contributed by atoms with Gasteiger partial charge in [0.2, 0.25) is 5.43 Å². The second-order valence-electron chi connectivity index (χ2n) is 3.78. The minimum atomic E-state index is -0.684. The van der Waals surface area contributed by atoms with Gasteiger partial charge in [0, 0.05) is 6.07 Å². The summed E-state index contributed by atoms with van der Waals surface area (Å²) in [4.78, 5) is 12.4. The third-order valence-electron chi connectivity index (χ3n) is 2.57. The topological polar surface area (TPSA) is 39.4 Å². The van der Waals surface area contributed by atoms with Gasteiger partial charge < -0.3 is 9.15 Å². The average Bonchev–Trinajstić information content (AvgIpc) is 2.41. The number of halogens is 2. The van der Waals surface area contributed by atoms with E-state index >= 15 is 0 Å². The fourth-order valence-corrected chi connectivity index (χ4v) is 2.82. The molecule has 0 atom stereocenters. The maximum atomic E-state index is 13.5. The van der Waals surface area contributed by atoms with Crippen molar-refractivity contribution in [2.45, 2.75) is 12.0 Å². The smallest absolute Gasteiger partial charge is 0.205 e. The highest BCUT2D eigenvalue weighted by Crippen LogP contribution is 2.28. The molecule has 0 amide bonds. The summed E-state index contributed by atoms with van der Waals surface area (Å²) in [5, 5.41) is 0.350. The van der Waals surface area contributed by atoms with Crippen LogP contribution >= 0.6 is 35.6 Å². The van der Waals surface area contributed by atoms with Crippen LogP contribution in [-0.2, 0) is 4.74 Å². The van der Waals surface area contributed by atoms with E-state index in [4.69, 9.17) is 33.0 Å². The molecule has 0 bridgehead atoms. The molecule has 20 heavy (non-hydrogen) atoms. The minimum Gasteiger partial charge on any atom is -0.486 e. The molecule has 106 valence electrons. The van der Waals surface area contributed by atoms with E-state index in [0.717, 1.165) is 6.07 Å². The van der Waals surface area contributed by atoms with Crippen molar-refractivity contribution in [3.8, 4) is 0 Å². The zero-order valence-corrected chi connectivity index (χ0v) is 13.0. The number of methoxy groups -OCH3 is 1. The summed E-state index contributed by atoms with van der Waals surface area (Å²) in [6, 6.07) is 2.33. The molecule has 0 saturated carbocycles. The third kappa shape index (κ3) is 2.68. The Bertz CT molecular complexity index is 742. The molecule has 0 aliphatic rings. The Morgan fingerprint density at radius 3 is 2.85 bits per heavy atom. The van der Waals surface area contributed by atoms with Crippen molar-refractivity contribution in [3.05, 3.63) is 38.8 Å². The van der Waals surface area contributed by atoms with E-state index in [1.807, 2.05) is 6.92 Å². The molecule has 0 radical (unpaired) electrons. The molecular formula is C13H10ClFO3S2. The lowest BCUT2D eigenvalue weighted by Gasteiger charge is -2.09. The molecule has 0 aliphatic heterocycles. The lowest BCUT2D eigenvalue weighted by molar-refractivity contribution is 0.408. The van der Waals surface area contributed by atoms with Gasteiger partial charge >= 0.3 is 0 Å². The number of fused-ring (bicyclic) bond motifs is 1. The first kappa shape index (κ1) is 15.3. The quantitative estimate of drug-likeness (QED) is 0.627. The van der Waals surface area contributed by atoms with Gasteiger partial charge in [-0.05, 0) is 24.0 Å². The number of benzene rings is 1. The van der Waals surface area contributed by atoms with Gasteiger partial charge in [-0.15, -0.1) is 0 Å². The number of thioether (sulfide) groups is 1. The van der Waals surface area contributed by atoms with Crippen LogP contribution in [0.2, 0.25) is 5.02 Å².